The third-order valence-electron chi connectivity index (χ3n) is 5.35. The second-order valence-corrected chi connectivity index (χ2v) is 11.4. The molecule has 1 amide bonds. The molecule has 37 heavy (non-hydrogen) atoms. The van der Waals surface area contributed by atoms with Gasteiger partial charge in [0.25, 0.3) is 0 Å². The van der Waals surface area contributed by atoms with Gasteiger partial charge in [0.1, 0.15) is 28.1 Å². The van der Waals surface area contributed by atoms with Gasteiger partial charge in [-0.1, -0.05) is 24.3 Å². The zero-order valence-electron chi connectivity index (χ0n) is 22.0. The summed E-state index contributed by atoms with van der Waals surface area (Å²) in [6, 6.07) is 8.09. The van der Waals surface area contributed by atoms with E-state index < -0.39 is 11.6 Å². The number of carbonyl (C=O) groups excluding carboxylic acids is 2. The van der Waals surface area contributed by atoms with Crippen LogP contribution in [-0.4, -0.2) is 59.8 Å². The van der Waals surface area contributed by atoms with E-state index in [4.69, 9.17) is 14.2 Å². The monoisotopic (exact) mass is 592 g/mol. The fourth-order valence-corrected chi connectivity index (χ4v) is 5.33. The molecule has 0 aliphatic carbocycles. The van der Waals surface area contributed by atoms with Crippen LogP contribution in [0.4, 0.5) is 10.6 Å². The van der Waals surface area contributed by atoms with Gasteiger partial charge >= 0.3 is 12.1 Å². The standard InChI is InChI=1S/C26H33BrN4O5S/c1-16(30-23-22-20(28-15-29-23)19(27)21(37-22)24(32)34-6)18-10-7-9-17(13-18)14-35-12-8-11-31(5)25(33)36-26(2,3)4/h7,9-10,13,15-16H,8,11-12,14H2,1-6H3,(H,28,29,30). The molecule has 3 aromatic rings. The van der Waals surface area contributed by atoms with Gasteiger partial charge < -0.3 is 24.4 Å². The van der Waals surface area contributed by atoms with E-state index in [-0.39, 0.29) is 12.1 Å². The number of ether oxygens (including phenoxy) is 3. The van der Waals surface area contributed by atoms with Crippen LogP contribution in [-0.2, 0) is 20.8 Å². The maximum Gasteiger partial charge on any atom is 0.410 e. The predicted molar refractivity (Wildman–Crippen MR) is 148 cm³/mol. The summed E-state index contributed by atoms with van der Waals surface area (Å²) in [5, 5.41) is 3.44. The van der Waals surface area contributed by atoms with Crippen LogP contribution in [0.1, 0.15) is 61.0 Å². The van der Waals surface area contributed by atoms with E-state index in [9.17, 15) is 9.59 Å². The van der Waals surface area contributed by atoms with E-state index >= 15 is 0 Å². The molecule has 0 aliphatic heterocycles. The molecule has 11 heteroatoms. The number of amides is 1. The number of benzene rings is 1. The van der Waals surface area contributed by atoms with Crippen LogP contribution in [0.3, 0.4) is 0 Å². The number of hydrogen-bond donors (Lipinski definition) is 1. The molecular formula is C26H33BrN4O5S. The van der Waals surface area contributed by atoms with Crippen molar-refractivity contribution < 1.29 is 23.8 Å². The Kier molecular flexibility index (Phi) is 9.86. The molecule has 9 nitrogen and oxygen atoms in total. The van der Waals surface area contributed by atoms with Gasteiger partial charge in [0.15, 0.2) is 0 Å². The molecule has 1 unspecified atom stereocenters. The number of carbonyl (C=O) groups is 2. The largest absolute Gasteiger partial charge is 0.465 e. The second kappa shape index (κ2) is 12.7. The van der Waals surface area contributed by atoms with Gasteiger partial charge in [0.2, 0.25) is 0 Å². The summed E-state index contributed by atoms with van der Waals surface area (Å²) >= 11 is 4.75. The van der Waals surface area contributed by atoms with Gasteiger partial charge in [0, 0.05) is 26.2 Å². The quantitative estimate of drug-likeness (QED) is 0.219. The highest BCUT2D eigenvalue weighted by Crippen LogP contribution is 2.38. The lowest BCUT2D eigenvalue weighted by Crippen LogP contribution is -2.35. The number of methoxy groups -OCH3 is 1. The number of fused-ring (bicyclic) bond motifs is 1. The highest BCUT2D eigenvalue weighted by molar-refractivity contribution is 9.10. The Morgan fingerprint density at radius 3 is 2.70 bits per heavy atom. The predicted octanol–water partition coefficient (Wildman–Crippen LogP) is 6.19. The first kappa shape index (κ1) is 28.8. The first-order valence-corrected chi connectivity index (χ1v) is 13.5. The smallest absolute Gasteiger partial charge is 0.410 e. The van der Waals surface area contributed by atoms with Crippen molar-refractivity contribution in [2.45, 2.75) is 52.4 Å². The summed E-state index contributed by atoms with van der Waals surface area (Å²) < 4.78 is 17.5. The van der Waals surface area contributed by atoms with Gasteiger partial charge in [-0.15, -0.1) is 11.3 Å². The molecule has 0 saturated carbocycles. The zero-order chi connectivity index (χ0) is 27.2. The molecule has 3 rings (SSSR count). The van der Waals surface area contributed by atoms with Crippen LogP contribution in [0.5, 0.6) is 0 Å². The third kappa shape index (κ3) is 7.86. The Labute approximate surface area is 229 Å². The Bertz CT molecular complexity index is 1240. The topological polar surface area (TPSA) is 103 Å². The third-order valence-corrected chi connectivity index (χ3v) is 7.55. The maximum atomic E-state index is 12.1. The minimum atomic E-state index is -0.509. The van der Waals surface area contributed by atoms with E-state index in [2.05, 4.69) is 37.3 Å². The Hall–Kier alpha value is -2.76. The molecule has 0 radical (unpaired) electrons. The highest BCUT2D eigenvalue weighted by atomic mass is 79.9. The van der Waals surface area contributed by atoms with Crippen LogP contribution in [0, 0.1) is 0 Å². The molecule has 1 N–H and O–H groups in total. The van der Waals surface area contributed by atoms with Crippen molar-refractivity contribution in [1.82, 2.24) is 14.9 Å². The van der Waals surface area contributed by atoms with Crippen molar-refractivity contribution >= 4 is 55.4 Å². The lowest BCUT2D eigenvalue weighted by atomic mass is 10.1. The van der Waals surface area contributed by atoms with Crippen molar-refractivity contribution in [2.75, 3.05) is 32.6 Å². The minimum absolute atomic E-state index is 0.0528. The van der Waals surface area contributed by atoms with Crippen LogP contribution < -0.4 is 5.32 Å². The number of halogens is 1. The number of rotatable bonds is 10. The number of anilines is 1. The van der Waals surface area contributed by atoms with Crippen LogP contribution in [0.25, 0.3) is 10.2 Å². The van der Waals surface area contributed by atoms with Gasteiger partial charge in [-0.05, 0) is 61.2 Å². The van der Waals surface area contributed by atoms with E-state index in [1.807, 2.05) is 45.9 Å². The summed E-state index contributed by atoms with van der Waals surface area (Å²) in [5.41, 5.74) is 2.27. The molecule has 200 valence electrons. The molecule has 0 aliphatic rings. The summed E-state index contributed by atoms with van der Waals surface area (Å²) in [4.78, 5) is 34.9. The van der Waals surface area contributed by atoms with Gasteiger partial charge in [-0.25, -0.2) is 19.6 Å². The molecule has 0 saturated heterocycles. The molecule has 2 aromatic heterocycles. The first-order valence-electron chi connectivity index (χ1n) is 11.9. The second-order valence-electron chi connectivity index (χ2n) is 9.56. The number of nitrogens with one attached hydrogen (secondary N) is 1. The van der Waals surface area contributed by atoms with Gasteiger partial charge in [-0.2, -0.15) is 0 Å². The van der Waals surface area contributed by atoms with Crippen molar-refractivity contribution in [3.05, 3.63) is 51.1 Å². The molecule has 2 heterocycles. The number of nitrogens with zero attached hydrogens (tertiary/aromatic N) is 3. The van der Waals surface area contributed by atoms with Gasteiger partial charge in [0.05, 0.1) is 22.9 Å². The summed E-state index contributed by atoms with van der Waals surface area (Å²) in [6.45, 7) is 9.15. The number of hydrogen-bond acceptors (Lipinski definition) is 9. The van der Waals surface area contributed by atoms with Gasteiger partial charge in [-0.3, -0.25) is 0 Å². The maximum absolute atomic E-state index is 12.1. The van der Waals surface area contributed by atoms with Crippen molar-refractivity contribution in [3.8, 4) is 0 Å². The number of thiophene rings is 1. The van der Waals surface area contributed by atoms with Crippen LogP contribution >= 0.6 is 27.3 Å². The Morgan fingerprint density at radius 2 is 2.00 bits per heavy atom. The SMILES string of the molecule is COC(=O)c1sc2c(NC(C)c3cccc(COCCCN(C)C(=O)OC(C)(C)C)c3)ncnc2c1Br. The molecular weight excluding hydrogens is 560 g/mol. The van der Waals surface area contributed by atoms with E-state index in [0.717, 1.165) is 15.8 Å². The van der Waals surface area contributed by atoms with Crippen molar-refractivity contribution in [3.63, 3.8) is 0 Å². The van der Waals surface area contributed by atoms with Crippen molar-refractivity contribution in [1.29, 1.82) is 0 Å². The number of esters is 1. The summed E-state index contributed by atoms with van der Waals surface area (Å²) in [5.74, 6) is 0.229. The van der Waals surface area contributed by atoms with E-state index in [1.165, 1.54) is 24.8 Å². The lowest BCUT2D eigenvalue weighted by Gasteiger charge is -2.24. The first-order chi connectivity index (χ1) is 17.5. The zero-order valence-corrected chi connectivity index (χ0v) is 24.4. The lowest BCUT2D eigenvalue weighted by molar-refractivity contribution is 0.0276. The average Bonchev–Trinajstić information content (AvgIpc) is 3.19. The molecule has 1 aromatic carbocycles. The molecule has 1 atom stereocenters. The van der Waals surface area contributed by atoms with Crippen molar-refractivity contribution in [2.24, 2.45) is 0 Å². The fourth-order valence-electron chi connectivity index (χ4n) is 3.47. The van der Waals surface area contributed by atoms with E-state index in [1.54, 1.807) is 11.9 Å². The fraction of sp³-hybridized carbons (Fsp3) is 0.462. The Balaban J connectivity index is 1.56. The molecule has 0 bridgehead atoms. The van der Waals surface area contributed by atoms with E-state index in [0.29, 0.717) is 46.9 Å². The summed E-state index contributed by atoms with van der Waals surface area (Å²) in [7, 11) is 3.08. The molecule has 0 spiro atoms. The average molecular weight is 594 g/mol. The van der Waals surface area contributed by atoms with Crippen LogP contribution in [0.15, 0.2) is 35.1 Å². The normalized spacial score (nSPS) is 12.3. The highest BCUT2D eigenvalue weighted by Gasteiger charge is 2.22. The number of aromatic nitrogens is 2. The molecule has 0 fully saturated rings. The van der Waals surface area contributed by atoms with Crippen LogP contribution in [0.2, 0.25) is 0 Å². The minimum Gasteiger partial charge on any atom is -0.465 e. The summed E-state index contributed by atoms with van der Waals surface area (Å²) in [6.07, 6.45) is 1.85. The Morgan fingerprint density at radius 1 is 1.24 bits per heavy atom.